The van der Waals surface area contributed by atoms with E-state index in [1.807, 2.05) is 6.92 Å². The number of carbonyl (C=O) groups is 4. The van der Waals surface area contributed by atoms with Crippen molar-refractivity contribution in [2.45, 2.75) is 89.8 Å². The number of carbonyl (C=O) groups excluding carboxylic acids is 4. The summed E-state index contributed by atoms with van der Waals surface area (Å²) in [4.78, 5) is 47.7. The zero-order valence-electron chi connectivity index (χ0n) is 28.6. The SMILES string of the molecule is C=CC(=O)OCCCCCCOc1ccc(C(=O)O[C@@H]2CC[C@@H](OC(=O)c3ccc(OCCCCCCOC(=O)C=C)cc3)[C@H](C)C2)cc1. The van der Waals surface area contributed by atoms with Crippen LogP contribution in [0.1, 0.15) is 98.3 Å². The van der Waals surface area contributed by atoms with Crippen molar-refractivity contribution >= 4 is 23.9 Å². The van der Waals surface area contributed by atoms with Crippen LogP contribution in [0.4, 0.5) is 0 Å². The van der Waals surface area contributed by atoms with Gasteiger partial charge in [-0.2, -0.15) is 0 Å². The standard InChI is InChI=1S/C39H50O10/c1-4-36(40)46-26-12-8-6-10-24-44-32-18-14-30(15-19-32)38(42)48-34-22-23-35(29(3)28-34)49-39(43)31-16-20-33(21-17-31)45-25-11-7-9-13-27-47-37(41)5-2/h4-5,14-21,29,34-35H,1-2,6-13,22-28H2,3H3/t29-,34-,35-/m1/s1. The van der Waals surface area contributed by atoms with Gasteiger partial charge in [0, 0.05) is 12.2 Å². The van der Waals surface area contributed by atoms with E-state index in [1.165, 1.54) is 0 Å². The number of ether oxygens (including phenoxy) is 6. The molecule has 0 radical (unpaired) electrons. The van der Waals surface area contributed by atoms with Crippen molar-refractivity contribution in [1.82, 2.24) is 0 Å². The normalized spacial score (nSPS) is 16.9. The minimum atomic E-state index is -0.398. The maximum Gasteiger partial charge on any atom is 0.338 e. The zero-order valence-corrected chi connectivity index (χ0v) is 28.6. The summed E-state index contributed by atoms with van der Waals surface area (Å²) < 4.78 is 33.1. The number of esters is 4. The molecule has 0 aliphatic heterocycles. The maximum absolute atomic E-state index is 12.8. The van der Waals surface area contributed by atoms with E-state index in [0.717, 1.165) is 63.5 Å². The minimum absolute atomic E-state index is 0.0325. The topological polar surface area (TPSA) is 124 Å². The van der Waals surface area contributed by atoms with Gasteiger partial charge >= 0.3 is 23.9 Å². The molecule has 10 nitrogen and oxygen atoms in total. The Morgan fingerprint density at radius 2 is 1.04 bits per heavy atom. The Morgan fingerprint density at radius 1 is 0.612 bits per heavy atom. The summed E-state index contributed by atoms with van der Waals surface area (Å²) in [6.45, 7) is 10.7. The van der Waals surface area contributed by atoms with Gasteiger partial charge in [0.15, 0.2) is 0 Å². The summed E-state index contributed by atoms with van der Waals surface area (Å²) in [5.74, 6) is -0.164. The van der Waals surface area contributed by atoms with Crippen LogP contribution in [0.25, 0.3) is 0 Å². The van der Waals surface area contributed by atoms with Gasteiger partial charge in [-0.25, -0.2) is 19.2 Å². The van der Waals surface area contributed by atoms with Crippen molar-refractivity contribution in [2.75, 3.05) is 26.4 Å². The summed E-state index contributed by atoms with van der Waals surface area (Å²) in [6, 6.07) is 13.9. The highest BCUT2D eigenvalue weighted by molar-refractivity contribution is 5.90. The Bertz CT molecular complexity index is 1330. The molecule has 0 spiro atoms. The third kappa shape index (κ3) is 15.0. The summed E-state index contributed by atoms with van der Waals surface area (Å²) in [5.41, 5.74) is 0.914. The predicted molar refractivity (Wildman–Crippen MR) is 185 cm³/mol. The van der Waals surface area contributed by atoms with Gasteiger partial charge < -0.3 is 28.4 Å². The molecule has 10 heteroatoms. The number of hydrogen-bond donors (Lipinski definition) is 0. The van der Waals surface area contributed by atoms with Crippen LogP contribution in [0, 0.1) is 5.92 Å². The summed E-state index contributed by atoms with van der Waals surface area (Å²) in [7, 11) is 0. The van der Waals surface area contributed by atoms with E-state index in [2.05, 4.69) is 13.2 Å². The zero-order chi connectivity index (χ0) is 35.3. The van der Waals surface area contributed by atoms with E-state index in [4.69, 9.17) is 28.4 Å². The van der Waals surface area contributed by atoms with Gasteiger partial charge in [0.2, 0.25) is 0 Å². The highest BCUT2D eigenvalue weighted by Crippen LogP contribution is 2.30. The van der Waals surface area contributed by atoms with Gasteiger partial charge in [0.25, 0.3) is 0 Å². The molecule has 1 fully saturated rings. The molecule has 2 aromatic carbocycles. The molecule has 0 bridgehead atoms. The summed E-state index contributed by atoms with van der Waals surface area (Å²) in [5, 5.41) is 0. The van der Waals surface area contributed by atoms with Crippen LogP contribution in [-0.2, 0) is 28.5 Å². The number of rotatable bonds is 22. The second kappa shape index (κ2) is 22.1. The monoisotopic (exact) mass is 678 g/mol. The molecule has 0 heterocycles. The van der Waals surface area contributed by atoms with Crippen molar-refractivity contribution in [1.29, 1.82) is 0 Å². The number of unbranched alkanes of at least 4 members (excludes halogenated alkanes) is 6. The molecule has 3 atom stereocenters. The van der Waals surface area contributed by atoms with E-state index < -0.39 is 11.9 Å². The number of benzene rings is 2. The van der Waals surface area contributed by atoms with Crippen molar-refractivity contribution in [3.05, 3.63) is 85.0 Å². The molecular formula is C39H50O10. The third-order valence-electron chi connectivity index (χ3n) is 8.19. The minimum Gasteiger partial charge on any atom is -0.494 e. The first-order valence-corrected chi connectivity index (χ1v) is 17.2. The second-order valence-electron chi connectivity index (χ2n) is 12.1. The molecule has 0 saturated heterocycles. The van der Waals surface area contributed by atoms with E-state index in [-0.39, 0.29) is 30.1 Å². The van der Waals surface area contributed by atoms with Crippen molar-refractivity contribution in [3.8, 4) is 11.5 Å². The van der Waals surface area contributed by atoms with E-state index in [0.29, 0.717) is 68.3 Å². The molecule has 266 valence electrons. The van der Waals surface area contributed by atoms with Gasteiger partial charge in [0.1, 0.15) is 23.7 Å². The maximum atomic E-state index is 12.8. The highest BCUT2D eigenvalue weighted by Gasteiger charge is 2.32. The Kier molecular flexibility index (Phi) is 17.5. The first kappa shape index (κ1) is 38.8. The van der Waals surface area contributed by atoms with Gasteiger partial charge in [-0.3, -0.25) is 0 Å². The molecule has 1 saturated carbocycles. The quantitative estimate of drug-likeness (QED) is 0.0532. The van der Waals surface area contributed by atoms with Crippen molar-refractivity contribution in [2.24, 2.45) is 5.92 Å². The fraction of sp³-hybridized carbons (Fsp3) is 0.487. The van der Waals surface area contributed by atoms with Gasteiger partial charge in [0.05, 0.1) is 37.6 Å². The lowest BCUT2D eigenvalue weighted by atomic mass is 9.85. The van der Waals surface area contributed by atoms with Crippen LogP contribution in [0.3, 0.4) is 0 Å². The first-order valence-electron chi connectivity index (χ1n) is 17.2. The largest absolute Gasteiger partial charge is 0.494 e. The van der Waals surface area contributed by atoms with Crippen LogP contribution < -0.4 is 9.47 Å². The third-order valence-corrected chi connectivity index (χ3v) is 8.19. The average molecular weight is 679 g/mol. The Labute approximate surface area is 289 Å². The molecule has 3 rings (SSSR count). The van der Waals surface area contributed by atoms with E-state index in [9.17, 15) is 19.2 Å². The van der Waals surface area contributed by atoms with Crippen LogP contribution in [0.15, 0.2) is 73.8 Å². The Morgan fingerprint density at radius 3 is 1.47 bits per heavy atom. The Hall–Kier alpha value is -4.60. The van der Waals surface area contributed by atoms with Gasteiger partial charge in [-0.1, -0.05) is 20.1 Å². The molecular weight excluding hydrogens is 628 g/mol. The molecule has 2 aromatic rings. The van der Waals surface area contributed by atoms with Crippen LogP contribution in [0.2, 0.25) is 0 Å². The fourth-order valence-corrected chi connectivity index (χ4v) is 5.36. The molecule has 49 heavy (non-hydrogen) atoms. The molecule has 0 N–H and O–H groups in total. The van der Waals surface area contributed by atoms with Crippen molar-refractivity contribution in [3.63, 3.8) is 0 Å². The summed E-state index contributed by atoms with van der Waals surface area (Å²) in [6.07, 6.45) is 10.8. The fourth-order valence-electron chi connectivity index (χ4n) is 5.36. The average Bonchev–Trinajstić information content (AvgIpc) is 3.11. The smallest absolute Gasteiger partial charge is 0.338 e. The molecule has 1 aliphatic rings. The highest BCUT2D eigenvalue weighted by atomic mass is 16.6. The molecule has 0 aromatic heterocycles. The van der Waals surface area contributed by atoms with E-state index in [1.54, 1.807) is 48.5 Å². The lowest BCUT2D eigenvalue weighted by Crippen LogP contribution is -2.35. The summed E-state index contributed by atoms with van der Waals surface area (Å²) >= 11 is 0. The lowest BCUT2D eigenvalue weighted by molar-refractivity contribution is -0.138. The molecule has 1 aliphatic carbocycles. The molecule has 0 amide bonds. The van der Waals surface area contributed by atoms with Crippen LogP contribution in [-0.4, -0.2) is 62.5 Å². The van der Waals surface area contributed by atoms with Gasteiger partial charge in [-0.05, 0) is 125 Å². The first-order chi connectivity index (χ1) is 23.8. The van der Waals surface area contributed by atoms with Crippen LogP contribution in [0.5, 0.6) is 11.5 Å². The predicted octanol–water partition coefficient (Wildman–Crippen LogP) is 7.59. The van der Waals surface area contributed by atoms with E-state index >= 15 is 0 Å². The molecule has 0 unspecified atom stereocenters. The Balaban J connectivity index is 1.28. The van der Waals surface area contributed by atoms with Crippen LogP contribution >= 0.6 is 0 Å². The second-order valence-corrected chi connectivity index (χ2v) is 12.1. The number of hydrogen-bond acceptors (Lipinski definition) is 10. The lowest BCUT2D eigenvalue weighted by Gasteiger charge is -2.33. The van der Waals surface area contributed by atoms with Gasteiger partial charge in [-0.15, -0.1) is 0 Å². The van der Waals surface area contributed by atoms with Crippen molar-refractivity contribution < 1.29 is 47.6 Å².